The normalized spacial score (nSPS) is 10.9. The van der Waals surface area contributed by atoms with E-state index in [1.165, 1.54) is 69.9 Å². The summed E-state index contributed by atoms with van der Waals surface area (Å²) in [6, 6.07) is 13.1. The van der Waals surface area contributed by atoms with E-state index in [0.717, 1.165) is 0 Å². The van der Waals surface area contributed by atoms with Crippen LogP contribution in [0.1, 0.15) is 10.4 Å². The molecule has 0 unspecified atom stereocenters. The van der Waals surface area contributed by atoms with Gasteiger partial charge < -0.3 is 19.5 Å². The van der Waals surface area contributed by atoms with Crippen LogP contribution in [0.5, 0.6) is 17.2 Å². The summed E-state index contributed by atoms with van der Waals surface area (Å²) in [5.41, 5.74) is 0.575. The summed E-state index contributed by atoms with van der Waals surface area (Å²) in [6.45, 7) is 0. The highest BCUT2D eigenvalue weighted by atomic mass is 35.5. The van der Waals surface area contributed by atoms with E-state index < -0.39 is 15.9 Å². The zero-order valence-corrected chi connectivity index (χ0v) is 20.1. The lowest BCUT2D eigenvalue weighted by atomic mass is 10.2. The van der Waals surface area contributed by atoms with Crippen LogP contribution in [0.25, 0.3) is 0 Å². The minimum absolute atomic E-state index is 0.101. The zero-order chi connectivity index (χ0) is 24.2. The van der Waals surface area contributed by atoms with Crippen molar-refractivity contribution in [2.45, 2.75) is 4.90 Å². The Labute approximate surface area is 201 Å². The average molecular weight is 511 g/mol. The molecule has 0 aliphatic carbocycles. The first-order valence-electron chi connectivity index (χ1n) is 9.37. The molecule has 0 aromatic heterocycles. The van der Waals surface area contributed by atoms with E-state index >= 15 is 0 Å². The molecule has 11 heteroatoms. The van der Waals surface area contributed by atoms with Crippen LogP contribution < -0.4 is 24.2 Å². The highest BCUT2D eigenvalue weighted by molar-refractivity contribution is 7.92. The summed E-state index contributed by atoms with van der Waals surface area (Å²) in [7, 11) is 0.307. The number of carbonyl (C=O) groups is 1. The minimum Gasteiger partial charge on any atom is -0.495 e. The molecule has 174 valence electrons. The Bertz CT molecular complexity index is 1300. The van der Waals surface area contributed by atoms with E-state index in [2.05, 4.69) is 10.0 Å². The van der Waals surface area contributed by atoms with Crippen molar-refractivity contribution >= 4 is 50.5 Å². The second-order valence-electron chi connectivity index (χ2n) is 6.62. The molecule has 3 rings (SSSR count). The first kappa shape index (κ1) is 24.5. The van der Waals surface area contributed by atoms with Crippen LogP contribution in [0, 0.1) is 0 Å². The van der Waals surface area contributed by atoms with E-state index in [1.54, 1.807) is 6.07 Å². The lowest BCUT2D eigenvalue weighted by Crippen LogP contribution is -2.16. The second kappa shape index (κ2) is 10.2. The maximum Gasteiger partial charge on any atom is 0.261 e. The molecule has 0 aliphatic heterocycles. The SMILES string of the molecule is COc1ccc(S(=O)(=O)Nc2ccc(OC)c(OC)c2)cc1NC(=O)c1ccc(Cl)cc1Cl. The van der Waals surface area contributed by atoms with Crippen LogP contribution in [-0.4, -0.2) is 35.7 Å². The fraction of sp³-hybridized carbons (Fsp3) is 0.136. The maximum absolute atomic E-state index is 13.0. The van der Waals surface area contributed by atoms with E-state index in [-0.39, 0.29) is 32.6 Å². The average Bonchev–Trinajstić information content (AvgIpc) is 2.78. The molecule has 1 amide bonds. The molecule has 0 spiro atoms. The van der Waals surface area contributed by atoms with Crippen LogP contribution in [0.15, 0.2) is 59.5 Å². The molecule has 8 nitrogen and oxygen atoms in total. The van der Waals surface area contributed by atoms with Gasteiger partial charge in [-0.05, 0) is 48.5 Å². The summed E-state index contributed by atoms with van der Waals surface area (Å²) >= 11 is 12.0. The zero-order valence-electron chi connectivity index (χ0n) is 17.8. The van der Waals surface area contributed by atoms with Gasteiger partial charge in [0.15, 0.2) is 11.5 Å². The largest absolute Gasteiger partial charge is 0.495 e. The lowest BCUT2D eigenvalue weighted by Gasteiger charge is -2.15. The van der Waals surface area contributed by atoms with Gasteiger partial charge in [0.2, 0.25) is 0 Å². The quantitative estimate of drug-likeness (QED) is 0.438. The minimum atomic E-state index is -4.02. The third kappa shape index (κ3) is 5.62. The van der Waals surface area contributed by atoms with Gasteiger partial charge in [0.25, 0.3) is 15.9 Å². The number of carbonyl (C=O) groups excluding carboxylic acids is 1. The van der Waals surface area contributed by atoms with Crippen LogP contribution >= 0.6 is 23.2 Å². The number of ether oxygens (including phenoxy) is 3. The van der Waals surface area contributed by atoms with Crippen LogP contribution in [0.3, 0.4) is 0 Å². The van der Waals surface area contributed by atoms with Crippen molar-refractivity contribution < 1.29 is 27.4 Å². The number of benzene rings is 3. The van der Waals surface area contributed by atoms with Crippen molar-refractivity contribution in [3.8, 4) is 17.2 Å². The fourth-order valence-corrected chi connectivity index (χ4v) is 4.50. The smallest absolute Gasteiger partial charge is 0.261 e. The summed E-state index contributed by atoms with van der Waals surface area (Å²) in [6.07, 6.45) is 0. The number of nitrogens with one attached hydrogen (secondary N) is 2. The van der Waals surface area contributed by atoms with E-state index in [1.807, 2.05) is 0 Å². The van der Waals surface area contributed by atoms with E-state index in [0.29, 0.717) is 16.5 Å². The van der Waals surface area contributed by atoms with Gasteiger partial charge in [-0.2, -0.15) is 0 Å². The van der Waals surface area contributed by atoms with Crippen LogP contribution in [0.2, 0.25) is 10.0 Å². The van der Waals surface area contributed by atoms with Gasteiger partial charge in [-0.25, -0.2) is 8.42 Å². The number of halogens is 2. The Kier molecular flexibility index (Phi) is 7.57. The van der Waals surface area contributed by atoms with Gasteiger partial charge >= 0.3 is 0 Å². The van der Waals surface area contributed by atoms with Crippen molar-refractivity contribution in [2.24, 2.45) is 0 Å². The second-order valence-corrected chi connectivity index (χ2v) is 9.14. The first-order chi connectivity index (χ1) is 15.7. The van der Waals surface area contributed by atoms with Gasteiger partial charge in [-0.1, -0.05) is 23.2 Å². The third-order valence-electron chi connectivity index (χ3n) is 4.54. The van der Waals surface area contributed by atoms with Crippen molar-refractivity contribution in [1.82, 2.24) is 0 Å². The molecular weight excluding hydrogens is 491 g/mol. The van der Waals surface area contributed by atoms with Gasteiger partial charge in [0.1, 0.15) is 5.75 Å². The van der Waals surface area contributed by atoms with Crippen molar-refractivity contribution in [3.63, 3.8) is 0 Å². The Morgan fingerprint density at radius 1 is 0.818 bits per heavy atom. The predicted molar refractivity (Wildman–Crippen MR) is 128 cm³/mol. The van der Waals surface area contributed by atoms with E-state index in [9.17, 15) is 13.2 Å². The maximum atomic E-state index is 13.0. The fourth-order valence-electron chi connectivity index (χ4n) is 2.93. The topological polar surface area (TPSA) is 103 Å². The summed E-state index contributed by atoms with van der Waals surface area (Å²) in [4.78, 5) is 12.6. The van der Waals surface area contributed by atoms with Crippen molar-refractivity contribution in [2.75, 3.05) is 31.4 Å². The molecule has 0 atom stereocenters. The number of anilines is 2. The Hall–Kier alpha value is -3.14. The lowest BCUT2D eigenvalue weighted by molar-refractivity contribution is 0.102. The molecule has 0 bridgehead atoms. The predicted octanol–water partition coefficient (Wildman–Crippen LogP) is 5.07. The molecule has 0 heterocycles. The Balaban J connectivity index is 1.91. The Morgan fingerprint density at radius 2 is 1.48 bits per heavy atom. The molecule has 33 heavy (non-hydrogen) atoms. The number of sulfonamides is 1. The van der Waals surface area contributed by atoms with Gasteiger partial charge in [0.05, 0.1) is 48.2 Å². The highest BCUT2D eigenvalue weighted by Crippen LogP contribution is 2.33. The number of hydrogen-bond donors (Lipinski definition) is 2. The molecule has 0 aliphatic rings. The standard InChI is InChI=1S/C22H20Cl2N2O6S/c1-30-19-9-6-15(12-18(19)25-22(27)16-7-4-13(23)10-17(16)24)33(28,29)26-14-5-8-20(31-2)21(11-14)32-3/h4-12,26H,1-3H3,(H,25,27). The first-order valence-corrected chi connectivity index (χ1v) is 11.6. The molecular formula is C22H20Cl2N2O6S. The third-order valence-corrected chi connectivity index (χ3v) is 6.47. The highest BCUT2D eigenvalue weighted by Gasteiger charge is 2.20. The molecule has 2 N–H and O–H groups in total. The summed E-state index contributed by atoms with van der Waals surface area (Å²) in [5.74, 6) is 0.520. The van der Waals surface area contributed by atoms with Gasteiger partial charge in [-0.3, -0.25) is 9.52 Å². The van der Waals surface area contributed by atoms with Crippen molar-refractivity contribution in [3.05, 3.63) is 70.2 Å². The summed E-state index contributed by atoms with van der Waals surface area (Å²) in [5, 5.41) is 3.16. The molecule has 0 radical (unpaired) electrons. The molecule has 0 saturated heterocycles. The number of rotatable bonds is 8. The number of methoxy groups -OCH3 is 3. The monoisotopic (exact) mass is 510 g/mol. The molecule has 0 fully saturated rings. The van der Waals surface area contributed by atoms with Crippen LogP contribution in [-0.2, 0) is 10.0 Å². The van der Waals surface area contributed by atoms with Crippen molar-refractivity contribution in [1.29, 1.82) is 0 Å². The van der Waals surface area contributed by atoms with E-state index in [4.69, 9.17) is 37.4 Å². The molecule has 3 aromatic carbocycles. The number of hydrogen-bond acceptors (Lipinski definition) is 6. The number of amides is 1. The molecule has 0 saturated carbocycles. The Morgan fingerprint density at radius 3 is 2.12 bits per heavy atom. The van der Waals surface area contributed by atoms with Crippen LogP contribution in [0.4, 0.5) is 11.4 Å². The summed E-state index contributed by atoms with van der Waals surface area (Å²) < 4.78 is 44.1. The van der Waals surface area contributed by atoms with Gasteiger partial charge in [-0.15, -0.1) is 0 Å². The van der Waals surface area contributed by atoms with Gasteiger partial charge in [0, 0.05) is 11.1 Å². The molecule has 3 aromatic rings.